The van der Waals surface area contributed by atoms with E-state index >= 15 is 0 Å². The third kappa shape index (κ3) is 2.88. The highest BCUT2D eigenvalue weighted by Gasteiger charge is 2.28. The van der Waals surface area contributed by atoms with E-state index in [1.54, 1.807) is 7.11 Å². The number of rotatable bonds is 3. The summed E-state index contributed by atoms with van der Waals surface area (Å²) in [5.41, 5.74) is 6.02. The summed E-state index contributed by atoms with van der Waals surface area (Å²) in [6, 6.07) is 25.1. The van der Waals surface area contributed by atoms with Crippen molar-refractivity contribution in [1.29, 1.82) is 0 Å². The first-order chi connectivity index (χ1) is 12.7. The maximum atomic E-state index is 6.32. The molecular weight excluding hydrogens is 320 g/mol. The molecule has 1 heterocycles. The summed E-state index contributed by atoms with van der Waals surface area (Å²) in [4.78, 5) is 0. The van der Waals surface area contributed by atoms with E-state index in [-0.39, 0.29) is 5.92 Å². The third-order valence-electron chi connectivity index (χ3n) is 5.00. The Labute approximate surface area is 154 Å². The number of fused-ring (bicyclic) bond motifs is 1. The molecule has 0 bridgehead atoms. The first-order valence-corrected chi connectivity index (χ1v) is 8.86. The van der Waals surface area contributed by atoms with Gasteiger partial charge in [-0.1, -0.05) is 60.2 Å². The monoisotopic (exact) mass is 342 g/mol. The van der Waals surface area contributed by atoms with Crippen LogP contribution in [0.3, 0.4) is 0 Å². The fourth-order valence-corrected chi connectivity index (χ4v) is 3.58. The maximum Gasteiger partial charge on any atom is 0.134 e. The van der Waals surface area contributed by atoms with E-state index in [0.717, 1.165) is 22.8 Å². The minimum absolute atomic E-state index is 0.169. The minimum atomic E-state index is 0.169. The van der Waals surface area contributed by atoms with Gasteiger partial charge in [-0.2, -0.15) is 0 Å². The first-order valence-electron chi connectivity index (χ1n) is 8.86. The molecule has 0 saturated heterocycles. The zero-order valence-electron chi connectivity index (χ0n) is 15.3. The predicted molar refractivity (Wildman–Crippen MR) is 106 cm³/mol. The average Bonchev–Trinajstić information content (AvgIpc) is 2.68. The maximum absolute atomic E-state index is 6.32. The highest BCUT2D eigenvalue weighted by Crippen LogP contribution is 2.45. The summed E-state index contributed by atoms with van der Waals surface area (Å²) in [7, 11) is 1.69. The molecule has 0 spiro atoms. The van der Waals surface area contributed by atoms with E-state index < -0.39 is 0 Å². The van der Waals surface area contributed by atoms with Gasteiger partial charge in [0.05, 0.1) is 7.11 Å². The molecule has 2 heteroatoms. The molecule has 1 unspecified atom stereocenters. The standard InChI is InChI=1S/C24H22O2/c1-16-8-10-19(11-9-16)24-17(2)23(18-12-14-20(25-3)15-13-18)21-6-4-5-7-22(21)26-24/h4-15,23H,1-3H3. The van der Waals surface area contributed by atoms with Crippen LogP contribution in [0.25, 0.3) is 5.76 Å². The molecule has 0 N–H and O–H groups in total. The van der Waals surface area contributed by atoms with Gasteiger partial charge in [0.25, 0.3) is 0 Å². The van der Waals surface area contributed by atoms with Gasteiger partial charge in [0.15, 0.2) is 0 Å². The van der Waals surface area contributed by atoms with Crippen LogP contribution in [-0.4, -0.2) is 7.11 Å². The van der Waals surface area contributed by atoms with Crippen LogP contribution >= 0.6 is 0 Å². The van der Waals surface area contributed by atoms with E-state index in [0.29, 0.717) is 0 Å². The Bertz CT molecular complexity index is 950. The zero-order chi connectivity index (χ0) is 18.1. The number of hydrogen-bond acceptors (Lipinski definition) is 2. The second-order valence-corrected chi connectivity index (χ2v) is 6.72. The number of aryl methyl sites for hydroxylation is 1. The van der Waals surface area contributed by atoms with Gasteiger partial charge < -0.3 is 9.47 Å². The molecular formula is C24H22O2. The Balaban J connectivity index is 1.86. The lowest BCUT2D eigenvalue weighted by atomic mass is 9.82. The number of hydrogen-bond donors (Lipinski definition) is 0. The minimum Gasteiger partial charge on any atom is -0.497 e. The third-order valence-corrected chi connectivity index (χ3v) is 5.00. The van der Waals surface area contributed by atoms with E-state index in [4.69, 9.17) is 9.47 Å². The summed E-state index contributed by atoms with van der Waals surface area (Å²) in [6.07, 6.45) is 0. The molecule has 1 aliphatic heterocycles. The molecule has 1 atom stereocenters. The van der Waals surface area contributed by atoms with Crippen molar-refractivity contribution in [2.75, 3.05) is 7.11 Å². The van der Waals surface area contributed by atoms with Crippen molar-refractivity contribution in [3.63, 3.8) is 0 Å². The van der Waals surface area contributed by atoms with Crippen LogP contribution in [0.2, 0.25) is 0 Å². The second-order valence-electron chi connectivity index (χ2n) is 6.72. The molecule has 0 aromatic heterocycles. The van der Waals surface area contributed by atoms with Gasteiger partial charge in [-0.25, -0.2) is 0 Å². The van der Waals surface area contributed by atoms with Crippen LogP contribution in [0.5, 0.6) is 11.5 Å². The second kappa shape index (κ2) is 6.72. The molecule has 3 aromatic rings. The van der Waals surface area contributed by atoms with Crippen molar-refractivity contribution in [3.05, 3.63) is 101 Å². The summed E-state index contributed by atoms with van der Waals surface area (Å²) >= 11 is 0. The highest BCUT2D eigenvalue weighted by molar-refractivity contribution is 5.72. The van der Waals surface area contributed by atoms with Crippen LogP contribution in [0.1, 0.15) is 35.1 Å². The van der Waals surface area contributed by atoms with Crippen molar-refractivity contribution >= 4 is 5.76 Å². The molecule has 130 valence electrons. The van der Waals surface area contributed by atoms with Crippen LogP contribution in [-0.2, 0) is 0 Å². The summed E-state index contributed by atoms with van der Waals surface area (Å²) < 4.78 is 11.6. The SMILES string of the molecule is COc1ccc(C2C(C)=C(c3ccc(C)cc3)Oc3ccccc32)cc1. The average molecular weight is 342 g/mol. The Kier molecular flexibility index (Phi) is 4.26. The van der Waals surface area contributed by atoms with Gasteiger partial charge in [0.2, 0.25) is 0 Å². The quantitative estimate of drug-likeness (QED) is 0.585. The van der Waals surface area contributed by atoms with Gasteiger partial charge in [-0.3, -0.25) is 0 Å². The molecule has 0 saturated carbocycles. The smallest absolute Gasteiger partial charge is 0.134 e. The number of methoxy groups -OCH3 is 1. The van der Waals surface area contributed by atoms with Crippen molar-refractivity contribution in [3.8, 4) is 11.5 Å². The van der Waals surface area contributed by atoms with Gasteiger partial charge >= 0.3 is 0 Å². The van der Waals surface area contributed by atoms with Crippen LogP contribution in [0.15, 0.2) is 78.4 Å². The van der Waals surface area contributed by atoms with Crippen LogP contribution in [0, 0.1) is 6.92 Å². The zero-order valence-corrected chi connectivity index (χ0v) is 15.3. The Hall–Kier alpha value is -3.00. The van der Waals surface area contributed by atoms with Crippen molar-refractivity contribution < 1.29 is 9.47 Å². The number of benzene rings is 3. The van der Waals surface area contributed by atoms with Crippen LogP contribution in [0.4, 0.5) is 0 Å². The molecule has 26 heavy (non-hydrogen) atoms. The topological polar surface area (TPSA) is 18.5 Å². The van der Waals surface area contributed by atoms with E-state index in [1.165, 1.54) is 22.3 Å². The summed E-state index contributed by atoms with van der Waals surface area (Å²) in [6.45, 7) is 4.27. The first kappa shape index (κ1) is 16.5. The van der Waals surface area contributed by atoms with E-state index in [2.05, 4.69) is 62.4 Å². The molecule has 0 aliphatic carbocycles. The molecule has 0 radical (unpaired) electrons. The van der Waals surface area contributed by atoms with Gasteiger partial charge in [-0.15, -0.1) is 0 Å². The summed E-state index contributed by atoms with van der Waals surface area (Å²) in [5, 5.41) is 0. The lowest BCUT2D eigenvalue weighted by Crippen LogP contribution is -2.14. The molecule has 0 amide bonds. The summed E-state index contributed by atoms with van der Waals surface area (Å²) in [5.74, 6) is 2.91. The molecule has 1 aliphatic rings. The van der Waals surface area contributed by atoms with E-state index in [9.17, 15) is 0 Å². The molecule has 0 fully saturated rings. The Morgan fingerprint density at radius 3 is 2.19 bits per heavy atom. The number of ether oxygens (including phenoxy) is 2. The lowest BCUT2D eigenvalue weighted by Gasteiger charge is -2.30. The molecule has 3 aromatic carbocycles. The lowest BCUT2D eigenvalue weighted by molar-refractivity contribution is 0.414. The number of allylic oxidation sites excluding steroid dienone is 1. The number of para-hydroxylation sites is 1. The van der Waals surface area contributed by atoms with E-state index in [1.807, 2.05) is 24.3 Å². The molecule has 2 nitrogen and oxygen atoms in total. The van der Waals surface area contributed by atoms with Gasteiger partial charge in [-0.05, 0) is 43.2 Å². The predicted octanol–water partition coefficient (Wildman–Crippen LogP) is 5.96. The largest absolute Gasteiger partial charge is 0.497 e. The molecule has 4 rings (SSSR count). The van der Waals surface area contributed by atoms with Crippen molar-refractivity contribution in [2.24, 2.45) is 0 Å². The van der Waals surface area contributed by atoms with Gasteiger partial charge in [0.1, 0.15) is 17.3 Å². The van der Waals surface area contributed by atoms with Crippen molar-refractivity contribution in [1.82, 2.24) is 0 Å². The fraction of sp³-hybridized carbons (Fsp3) is 0.167. The Morgan fingerprint density at radius 1 is 0.808 bits per heavy atom. The Morgan fingerprint density at radius 2 is 1.50 bits per heavy atom. The normalized spacial score (nSPS) is 16.0. The van der Waals surface area contributed by atoms with Crippen molar-refractivity contribution in [2.45, 2.75) is 19.8 Å². The van der Waals surface area contributed by atoms with Gasteiger partial charge in [0, 0.05) is 17.0 Å². The highest BCUT2D eigenvalue weighted by atomic mass is 16.5. The van der Waals surface area contributed by atoms with Crippen LogP contribution < -0.4 is 9.47 Å². The fourth-order valence-electron chi connectivity index (χ4n) is 3.58.